The number of halogens is 2. The first-order valence-electron chi connectivity index (χ1n) is 8.98. The number of thiophene rings is 3. The van der Waals surface area contributed by atoms with E-state index in [0.717, 1.165) is 8.67 Å². The van der Waals surface area contributed by atoms with E-state index in [2.05, 4.69) is 72.8 Å². The van der Waals surface area contributed by atoms with E-state index in [4.69, 9.17) is 23.2 Å². The second kappa shape index (κ2) is 8.10. The molecular formula is C24H14Cl2S3. The minimum Gasteiger partial charge on any atom is -0.135 e. The fraction of sp³-hybridized carbons (Fsp3) is 0. The molecule has 0 saturated heterocycles. The summed E-state index contributed by atoms with van der Waals surface area (Å²) in [4.78, 5) is 4.93. The van der Waals surface area contributed by atoms with Crippen LogP contribution in [0.15, 0.2) is 84.9 Å². The van der Waals surface area contributed by atoms with Gasteiger partial charge in [0.15, 0.2) is 0 Å². The van der Waals surface area contributed by atoms with Gasteiger partial charge < -0.3 is 0 Å². The summed E-state index contributed by atoms with van der Waals surface area (Å²) in [6.45, 7) is 0. The maximum absolute atomic E-state index is 6.06. The molecule has 0 fully saturated rings. The summed E-state index contributed by atoms with van der Waals surface area (Å²) < 4.78 is 1.64. The van der Waals surface area contributed by atoms with Gasteiger partial charge in [-0.2, -0.15) is 0 Å². The standard InChI is InChI=1S/C24H14Cl2S3/c25-23-13-11-21(28-23)17-5-1-15(2-6-17)19-9-10-20(27-19)16-3-7-18(8-4-16)22-12-14-24(26)29-22/h1-14H. The van der Waals surface area contributed by atoms with Crippen molar-refractivity contribution in [1.82, 2.24) is 0 Å². The first-order valence-corrected chi connectivity index (χ1v) is 12.2. The summed E-state index contributed by atoms with van der Waals surface area (Å²) in [6.07, 6.45) is 0. The van der Waals surface area contributed by atoms with Crippen molar-refractivity contribution in [2.75, 3.05) is 0 Å². The predicted molar refractivity (Wildman–Crippen MR) is 132 cm³/mol. The number of hydrogen-bond donors (Lipinski definition) is 0. The molecule has 0 radical (unpaired) electrons. The highest BCUT2D eigenvalue weighted by Gasteiger charge is 2.08. The zero-order chi connectivity index (χ0) is 19.8. The van der Waals surface area contributed by atoms with E-state index in [-0.39, 0.29) is 0 Å². The third-order valence-corrected chi connectivity index (χ3v) is 8.40. The molecule has 3 aromatic heterocycles. The molecule has 5 aromatic rings. The smallest absolute Gasteiger partial charge is 0.0934 e. The van der Waals surface area contributed by atoms with Crippen molar-refractivity contribution in [1.29, 1.82) is 0 Å². The van der Waals surface area contributed by atoms with Crippen LogP contribution < -0.4 is 0 Å². The lowest BCUT2D eigenvalue weighted by atomic mass is 10.1. The van der Waals surface area contributed by atoms with Crippen LogP contribution in [0.4, 0.5) is 0 Å². The summed E-state index contributed by atoms with van der Waals surface area (Å²) >= 11 is 17.1. The maximum atomic E-state index is 6.06. The Labute approximate surface area is 191 Å². The lowest BCUT2D eigenvalue weighted by Crippen LogP contribution is -1.75. The van der Waals surface area contributed by atoms with Gasteiger partial charge in [-0.15, -0.1) is 34.0 Å². The summed E-state index contributed by atoms with van der Waals surface area (Å²) in [5.74, 6) is 0. The van der Waals surface area contributed by atoms with Crippen LogP contribution >= 0.6 is 57.2 Å². The Morgan fingerprint density at radius 2 is 0.621 bits per heavy atom. The fourth-order valence-electron chi connectivity index (χ4n) is 3.18. The van der Waals surface area contributed by atoms with Crippen molar-refractivity contribution in [3.05, 3.63) is 93.6 Å². The highest BCUT2D eigenvalue weighted by molar-refractivity contribution is 7.20. The van der Waals surface area contributed by atoms with Crippen molar-refractivity contribution in [3.63, 3.8) is 0 Å². The van der Waals surface area contributed by atoms with E-state index in [0.29, 0.717) is 0 Å². The van der Waals surface area contributed by atoms with Crippen LogP contribution in [0.3, 0.4) is 0 Å². The highest BCUT2D eigenvalue weighted by Crippen LogP contribution is 2.38. The van der Waals surface area contributed by atoms with E-state index in [1.165, 1.54) is 41.8 Å². The predicted octanol–water partition coefficient (Wildman–Crippen LogP) is 9.85. The Kier molecular flexibility index (Phi) is 5.33. The normalized spacial score (nSPS) is 11.1. The second-order valence-corrected chi connectivity index (χ2v) is 11.0. The van der Waals surface area contributed by atoms with E-state index < -0.39 is 0 Å². The molecule has 0 spiro atoms. The summed E-state index contributed by atoms with van der Waals surface area (Å²) in [5.41, 5.74) is 4.87. The van der Waals surface area contributed by atoms with Crippen LogP contribution in [0.1, 0.15) is 0 Å². The molecule has 0 saturated carbocycles. The SMILES string of the molecule is Clc1ccc(-c2ccc(-c3ccc(-c4ccc(-c5ccc(Cl)s5)cc4)s3)cc2)s1. The Morgan fingerprint density at radius 3 is 0.897 bits per heavy atom. The molecule has 3 heterocycles. The third-order valence-electron chi connectivity index (χ3n) is 4.66. The molecule has 0 N–H and O–H groups in total. The van der Waals surface area contributed by atoms with Crippen LogP contribution in [-0.2, 0) is 0 Å². The highest BCUT2D eigenvalue weighted by atomic mass is 35.5. The van der Waals surface area contributed by atoms with E-state index in [1.54, 1.807) is 22.7 Å². The minimum atomic E-state index is 0.820. The van der Waals surface area contributed by atoms with Gasteiger partial charge in [0.2, 0.25) is 0 Å². The Hall–Kier alpha value is -1.88. The average molecular weight is 469 g/mol. The molecule has 5 heteroatoms. The zero-order valence-corrected chi connectivity index (χ0v) is 19.0. The zero-order valence-electron chi connectivity index (χ0n) is 15.1. The molecular weight excluding hydrogens is 455 g/mol. The van der Waals surface area contributed by atoms with Crippen LogP contribution in [0.5, 0.6) is 0 Å². The largest absolute Gasteiger partial charge is 0.135 e. The summed E-state index contributed by atoms with van der Waals surface area (Å²) in [5, 5.41) is 0. The van der Waals surface area contributed by atoms with E-state index >= 15 is 0 Å². The van der Waals surface area contributed by atoms with Crippen molar-refractivity contribution in [3.8, 4) is 41.8 Å². The van der Waals surface area contributed by atoms with Crippen molar-refractivity contribution in [2.45, 2.75) is 0 Å². The molecule has 0 bridgehead atoms. The monoisotopic (exact) mass is 468 g/mol. The molecule has 29 heavy (non-hydrogen) atoms. The van der Waals surface area contributed by atoms with E-state index in [9.17, 15) is 0 Å². The third kappa shape index (κ3) is 4.07. The minimum absolute atomic E-state index is 0.820. The van der Waals surface area contributed by atoms with Gasteiger partial charge in [0.1, 0.15) is 0 Å². The maximum Gasteiger partial charge on any atom is 0.0934 e. The molecule has 0 nitrogen and oxygen atoms in total. The molecule has 0 aliphatic heterocycles. The lowest BCUT2D eigenvalue weighted by molar-refractivity contribution is 1.68. The van der Waals surface area contributed by atoms with Gasteiger partial charge >= 0.3 is 0 Å². The van der Waals surface area contributed by atoms with Crippen LogP contribution in [-0.4, -0.2) is 0 Å². The van der Waals surface area contributed by atoms with Crippen LogP contribution in [0.25, 0.3) is 41.8 Å². The van der Waals surface area contributed by atoms with Crippen molar-refractivity contribution < 1.29 is 0 Å². The molecule has 5 rings (SSSR count). The lowest BCUT2D eigenvalue weighted by Gasteiger charge is -2.02. The van der Waals surface area contributed by atoms with Gasteiger partial charge in [0.05, 0.1) is 8.67 Å². The van der Waals surface area contributed by atoms with Gasteiger partial charge in [-0.05, 0) is 58.7 Å². The first-order chi connectivity index (χ1) is 14.2. The van der Waals surface area contributed by atoms with Crippen molar-refractivity contribution >= 4 is 57.2 Å². The Morgan fingerprint density at radius 1 is 0.345 bits per heavy atom. The van der Waals surface area contributed by atoms with Gasteiger partial charge in [-0.3, -0.25) is 0 Å². The molecule has 0 unspecified atom stereocenters. The second-order valence-electron chi connectivity index (χ2n) is 6.53. The molecule has 2 aromatic carbocycles. The Balaban J connectivity index is 1.37. The quantitative estimate of drug-likeness (QED) is 0.246. The Bertz CT molecular complexity index is 1160. The van der Waals surface area contributed by atoms with Crippen LogP contribution in [0.2, 0.25) is 8.67 Å². The fourth-order valence-corrected chi connectivity index (χ4v) is 6.30. The number of hydrogen-bond acceptors (Lipinski definition) is 3. The molecule has 0 aliphatic rings. The summed E-state index contributed by atoms with van der Waals surface area (Å²) in [7, 11) is 0. The number of rotatable bonds is 4. The van der Waals surface area contributed by atoms with Gasteiger partial charge in [-0.1, -0.05) is 71.7 Å². The van der Waals surface area contributed by atoms with Gasteiger partial charge in [-0.25, -0.2) is 0 Å². The van der Waals surface area contributed by atoms with Crippen molar-refractivity contribution in [2.24, 2.45) is 0 Å². The molecule has 0 amide bonds. The first kappa shape index (κ1) is 19.1. The molecule has 142 valence electrons. The number of benzene rings is 2. The van der Waals surface area contributed by atoms with E-state index in [1.807, 2.05) is 23.5 Å². The molecule has 0 atom stereocenters. The topological polar surface area (TPSA) is 0 Å². The summed E-state index contributed by atoms with van der Waals surface area (Å²) in [6, 6.07) is 29.8. The molecule has 0 aliphatic carbocycles. The van der Waals surface area contributed by atoms with Gasteiger partial charge in [0.25, 0.3) is 0 Å². The van der Waals surface area contributed by atoms with Crippen LogP contribution in [0, 0.1) is 0 Å². The van der Waals surface area contributed by atoms with Gasteiger partial charge in [0, 0.05) is 19.5 Å². The average Bonchev–Trinajstić information content (AvgIpc) is 3.49.